The molecule has 0 aromatic heterocycles. The van der Waals surface area contributed by atoms with Gasteiger partial charge in [0.1, 0.15) is 11.4 Å². The summed E-state index contributed by atoms with van der Waals surface area (Å²) in [5.74, 6) is -0.772. The van der Waals surface area contributed by atoms with Gasteiger partial charge >= 0.3 is 5.97 Å². The summed E-state index contributed by atoms with van der Waals surface area (Å²) >= 11 is 0. The zero-order valence-corrected chi connectivity index (χ0v) is 14.5. The molecule has 0 aromatic carbocycles. The highest BCUT2D eigenvalue weighted by Gasteiger charge is 2.30. The minimum absolute atomic E-state index is 0.0186. The first kappa shape index (κ1) is 18.4. The summed E-state index contributed by atoms with van der Waals surface area (Å²) in [4.78, 5) is 11.7. The van der Waals surface area contributed by atoms with E-state index in [1.54, 1.807) is 20.8 Å². The third-order valence-electron chi connectivity index (χ3n) is 3.63. The minimum atomic E-state index is -3.45. The Morgan fingerprint density at radius 1 is 1.29 bits per heavy atom. The largest absolute Gasteiger partial charge is 0.459 e. The highest BCUT2D eigenvalue weighted by atomic mass is 32.2. The van der Waals surface area contributed by atoms with E-state index in [-0.39, 0.29) is 11.8 Å². The van der Waals surface area contributed by atoms with Gasteiger partial charge in [0.15, 0.2) is 9.84 Å². The van der Waals surface area contributed by atoms with E-state index in [1.807, 2.05) is 6.92 Å². The third kappa shape index (κ3) is 7.27. The van der Waals surface area contributed by atoms with Crippen LogP contribution < -0.4 is 5.32 Å². The van der Waals surface area contributed by atoms with Crippen LogP contribution in [-0.4, -0.2) is 44.1 Å². The third-order valence-corrected chi connectivity index (χ3v) is 5.17. The van der Waals surface area contributed by atoms with E-state index < -0.39 is 27.2 Å². The Balaban J connectivity index is 2.61. The molecule has 1 saturated carbocycles. The van der Waals surface area contributed by atoms with Gasteiger partial charge in [0, 0.05) is 6.04 Å². The average molecular weight is 319 g/mol. The molecule has 1 atom stereocenters. The summed E-state index contributed by atoms with van der Waals surface area (Å²) < 4.78 is 29.6. The lowest BCUT2D eigenvalue weighted by molar-refractivity contribution is -0.151. The van der Waals surface area contributed by atoms with Crippen LogP contribution in [0.4, 0.5) is 0 Å². The molecule has 1 N–H and O–H groups in total. The number of sulfone groups is 1. The maximum Gasteiger partial charge on any atom is 0.321 e. The van der Waals surface area contributed by atoms with Crippen molar-refractivity contribution in [2.24, 2.45) is 5.92 Å². The molecule has 21 heavy (non-hydrogen) atoms. The van der Waals surface area contributed by atoms with E-state index >= 15 is 0 Å². The number of carbonyl (C=O) groups excluding carboxylic acids is 1. The first-order chi connectivity index (χ1) is 9.63. The van der Waals surface area contributed by atoms with Crippen molar-refractivity contribution in [3.63, 3.8) is 0 Å². The molecule has 0 aromatic rings. The van der Waals surface area contributed by atoms with E-state index in [0.717, 1.165) is 19.4 Å². The number of hydrogen-bond donors (Lipinski definition) is 1. The molecule has 0 heterocycles. The van der Waals surface area contributed by atoms with Crippen molar-refractivity contribution in [2.45, 2.75) is 65.0 Å². The van der Waals surface area contributed by atoms with E-state index in [9.17, 15) is 13.2 Å². The fraction of sp³-hybridized carbons (Fsp3) is 0.933. The number of rotatable bonds is 7. The van der Waals surface area contributed by atoms with Gasteiger partial charge in [-0.2, -0.15) is 0 Å². The number of carbonyl (C=O) groups is 1. The zero-order chi connectivity index (χ0) is 16.1. The maximum atomic E-state index is 12.2. The molecular weight excluding hydrogens is 290 g/mol. The highest BCUT2D eigenvalue weighted by Crippen LogP contribution is 2.28. The van der Waals surface area contributed by atoms with Crippen molar-refractivity contribution in [3.8, 4) is 0 Å². The Bertz CT molecular complexity index is 433. The quantitative estimate of drug-likeness (QED) is 0.726. The fourth-order valence-electron chi connectivity index (χ4n) is 2.87. The Labute approximate surface area is 128 Å². The molecule has 1 aliphatic carbocycles. The van der Waals surface area contributed by atoms with Gasteiger partial charge in [0.25, 0.3) is 0 Å². The molecule has 0 amide bonds. The minimum Gasteiger partial charge on any atom is -0.459 e. The molecule has 0 aliphatic heterocycles. The molecule has 1 fully saturated rings. The fourth-order valence-corrected chi connectivity index (χ4v) is 4.34. The van der Waals surface area contributed by atoms with E-state index in [2.05, 4.69) is 5.32 Å². The standard InChI is InChI=1S/C15H29NO4S/c1-5-16-13(12-8-6-7-9-12)10-21(18,19)11-14(17)20-15(2,3)4/h12-13,16H,5-11H2,1-4H3. The smallest absolute Gasteiger partial charge is 0.321 e. The summed E-state index contributed by atoms with van der Waals surface area (Å²) in [5.41, 5.74) is -0.654. The molecule has 124 valence electrons. The molecule has 1 rings (SSSR count). The van der Waals surface area contributed by atoms with Crippen molar-refractivity contribution in [1.29, 1.82) is 0 Å². The van der Waals surface area contributed by atoms with Crippen molar-refractivity contribution >= 4 is 15.8 Å². The Morgan fingerprint density at radius 2 is 1.86 bits per heavy atom. The van der Waals surface area contributed by atoms with Gasteiger partial charge in [0.2, 0.25) is 0 Å². The second kappa shape index (κ2) is 7.58. The summed E-state index contributed by atoms with van der Waals surface area (Å²) in [6.07, 6.45) is 4.47. The van der Waals surface area contributed by atoms with Gasteiger partial charge in [-0.3, -0.25) is 4.79 Å². The van der Waals surface area contributed by atoms with Crippen LogP contribution in [0.1, 0.15) is 53.4 Å². The molecule has 1 unspecified atom stereocenters. The van der Waals surface area contributed by atoms with Crippen LogP contribution in [0.15, 0.2) is 0 Å². The van der Waals surface area contributed by atoms with Crippen LogP contribution in [0.2, 0.25) is 0 Å². The first-order valence-electron chi connectivity index (χ1n) is 7.78. The van der Waals surface area contributed by atoms with Gasteiger partial charge < -0.3 is 10.1 Å². The number of ether oxygens (including phenoxy) is 1. The monoisotopic (exact) mass is 319 g/mol. The molecule has 0 spiro atoms. The lowest BCUT2D eigenvalue weighted by Crippen LogP contribution is -2.42. The van der Waals surface area contributed by atoms with Crippen LogP contribution >= 0.6 is 0 Å². The lowest BCUT2D eigenvalue weighted by Gasteiger charge is -2.24. The van der Waals surface area contributed by atoms with Crippen LogP contribution in [0.5, 0.6) is 0 Å². The van der Waals surface area contributed by atoms with Crippen LogP contribution in [0, 0.1) is 5.92 Å². The van der Waals surface area contributed by atoms with Gasteiger partial charge in [-0.25, -0.2) is 8.42 Å². The molecule has 0 radical (unpaired) electrons. The number of nitrogens with one attached hydrogen (secondary N) is 1. The highest BCUT2D eigenvalue weighted by molar-refractivity contribution is 7.92. The SMILES string of the molecule is CCNC(CS(=O)(=O)CC(=O)OC(C)(C)C)C1CCCC1. The van der Waals surface area contributed by atoms with Gasteiger partial charge in [-0.05, 0) is 46.1 Å². The summed E-state index contributed by atoms with van der Waals surface area (Å²) in [7, 11) is -3.45. The predicted molar refractivity (Wildman–Crippen MR) is 83.9 cm³/mol. The maximum absolute atomic E-state index is 12.2. The molecular formula is C15H29NO4S. The topological polar surface area (TPSA) is 72.5 Å². The molecule has 5 nitrogen and oxygen atoms in total. The van der Waals surface area contributed by atoms with Crippen molar-refractivity contribution in [1.82, 2.24) is 5.32 Å². The first-order valence-corrected chi connectivity index (χ1v) is 9.61. The van der Waals surface area contributed by atoms with Gasteiger partial charge in [-0.1, -0.05) is 19.8 Å². The molecule has 6 heteroatoms. The molecule has 0 bridgehead atoms. The summed E-state index contributed by atoms with van der Waals surface area (Å²) in [5, 5.41) is 3.27. The van der Waals surface area contributed by atoms with Crippen molar-refractivity contribution < 1.29 is 17.9 Å². The van der Waals surface area contributed by atoms with Crippen LogP contribution in [0.25, 0.3) is 0 Å². The molecule has 0 saturated heterocycles. The normalized spacial score (nSPS) is 18.7. The summed E-state index contributed by atoms with van der Waals surface area (Å²) in [6.45, 7) is 7.91. The average Bonchev–Trinajstić information content (AvgIpc) is 2.77. The van der Waals surface area contributed by atoms with Gasteiger partial charge in [-0.15, -0.1) is 0 Å². The second-order valence-corrected chi connectivity index (χ2v) is 8.96. The second-order valence-electron chi connectivity index (χ2n) is 6.85. The summed E-state index contributed by atoms with van der Waals surface area (Å²) in [6, 6.07) is -0.0510. The van der Waals surface area contributed by atoms with E-state index in [1.165, 1.54) is 12.8 Å². The van der Waals surface area contributed by atoms with Crippen LogP contribution in [0.3, 0.4) is 0 Å². The number of hydrogen-bond acceptors (Lipinski definition) is 5. The number of esters is 1. The lowest BCUT2D eigenvalue weighted by atomic mass is 10.00. The Hall–Kier alpha value is -0.620. The van der Waals surface area contributed by atoms with Crippen LogP contribution in [-0.2, 0) is 19.4 Å². The Kier molecular flexibility index (Phi) is 6.66. The molecule has 1 aliphatic rings. The predicted octanol–water partition coefficient (Wildman–Crippen LogP) is 1.91. The van der Waals surface area contributed by atoms with E-state index in [4.69, 9.17) is 4.74 Å². The van der Waals surface area contributed by atoms with E-state index in [0.29, 0.717) is 5.92 Å². The van der Waals surface area contributed by atoms with Crippen molar-refractivity contribution in [3.05, 3.63) is 0 Å². The van der Waals surface area contributed by atoms with Crippen molar-refractivity contribution in [2.75, 3.05) is 18.1 Å². The zero-order valence-electron chi connectivity index (χ0n) is 13.6. The Morgan fingerprint density at radius 3 is 2.33 bits per heavy atom. The van der Waals surface area contributed by atoms with Gasteiger partial charge in [0.05, 0.1) is 5.75 Å².